The lowest BCUT2D eigenvalue weighted by molar-refractivity contribution is -0.138. The van der Waals surface area contributed by atoms with E-state index in [1.165, 1.54) is 19.2 Å². The van der Waals surface area contributed by atoms with Crippen LogP contribution < -0.4 is 4.74 Å². The molecule has 0 amide bonds. The van der Waals surface area contributed by atoms with Gasteiger partial charge in [-0.2, -0.15) is 5.10 Å². The van der Waals surface area contributed by atoms with Gasteiger partial charge in [0.05, 0.1) is 37.4 Å². The smallest absolute Gasteiger partial charge is 0.306 e. The van der Waals surface area contributed by atoms with Crippen LogP contribution in [-0.2, 0) is 14.9 Å². The number of nitrogens with one attached hydrogen (secondary N) is 1. The minimum absolute atomic E-state index is 0.0399. The Morgan fingerprint density at radius 1 is 1.27 bits per heavy atom. The number of H-pyrrole nitrogens is 1. The van der Waals surface area contributed by atoms with Gasteiger partial charge in [0.2, 0.25) is 0 Å². The van der Waals surface area contributed by atoms with Crippen molar-refractivity contribution in [2.45, 2.75) is 31.9 Å². The molecule has 0 bridgehead atoms. The van der Waals surface area contributed by atoms with E-state index in [2.05, 4.69) is 10.2 Å². The lowest BCUT2D eigenvalue weighted by Crippen LogP contribution is -2.28. The van der Waals surface area contributed by atoms with E-state index >= 15 is 4.39 Å². The second kappa shape index (κ2) is 8.47. The van der Waals surface area contributed by atoms with Crippen LogP contribution in [0.25, 0.3) is 27.5 Å². The van der Waals surface area contributed by atoms with Crippen molar-refractivity contribution >= 4 is 27.8 Å². The zero-order valence-corrected chi connectivity index (χ0v) is 18.8. The van der Waals surface area contributed by atoms with E-state index in [1.807, 2.05) is 24.5 Å². The fourth-order valence-electron chi connectivity index (χ4n) is 4.47. The van der Waals surface area contributed by atoms with Gasteiger partial charge in [0.15, 0.2) is 11.6 Å². The van der Waals surface area contributed by atoms with Crippen LogP contribution in [0.3, 0.4) is 0 Å². The number of aromatic nitrogens is 3. The average molecular weight is 457 g/mol. The minimum Gasteiger partial charge on any atom is -0.494 e. The minimum atomic E-state index is -1.78. The molecule has 174 valence electrons. The molecule has 0 saturated heterocycles. The number of benzene rings is 2. The molecule has 2 aromatic heterocycles. The summed E-state index contributed by atoms with van der Waals surface area (Å²) in [5, 5.41) is 17.6. The van der Waals surface area contributed by atoms with Crippen LogP contribution in [0.1, 0.15) is 37.7 Å². The highest BCUT2D eigenvalue weighted by molar-refractivity contribution is 5.99. The van der Waals surface area contributed by atoms with Gasteiger partial charge in [-0.1, -0.05) is 13.8 Å². The first kappa shape index (κ1) is 22.7. The largest absolute Gasteiger partial charge is 0.494 e. The highest BCUT2D eigenvalue weighted by atomic mass is 19.1. The fraction of sp³-hybridized carbons (Fsp3) is 0.333. The number of carboxylic acids is 1. The number of ether oxygens (including phenoxy) is 2. The zero-order chi connectivity index (χ0) is 23.9. The van der Waals surface area contributed by atoms with Gasteiger partial charge in [-0.15, -0.1) is 0 Å². The van der Waals surface area contributed by atoms with Crippen molar-refractivity contribution in [3.8, 4) is 11.4 Å². The van der Waals surface area contributed by atoms with Gasteiger partial charge in [0.25, 0.3) is 0 Å². The van der Waals surface area contributed by atoms with Crippen molar-refractivity contribution in [3.63, 3.8) is 0 Å². The zero-order valence-electron chi connectivity index (χ0n) is 18.8. The molecule has 7 nitrogen and oxygen atoms in total. The van der Waals surface area contributed by atoms with Crippen LogP contribution in [0.15, 0.2) is 36.5 Å². The number of carbonyl (C=O) groups is 1. The molecule has 0 fully saturated rings. The number of hydrogen-bond donors (Lipinski definition) is 2. The summed E-state index contributed by atoms with van der Waals surface area (Å²) in [6.07, 6.45) is -0.815. The third-order valence-corrected chi connectivity index (χ3v) is 5.77. The number of halogens is 2. The molecule has 9 heteroatoms. The van der Waals surface area contributed by atoms with Gasteiger partial charge >= 0.3 is 5.97 Å². The van der Waals surface area contributed by atoms with Crippen molar-refractivity contribution < 1.29 is 28.2 Å². The summed E-state index contributed by atoms with van der Waals surface area (Å²) in [6.45, 7) is 4.03. The third-order valence-electron chi connectivity index (χ3n) is 5.77. The van der Waals surface area contributed by atoms with Crippen LogP contribution in [0.5, 0.6) is 5.75 Å². The Hall–Kier alpha value is -3.46. The van der Waals surface area contributed by atoms with Crippen LogP contribution in [0.2, 0.25) is 0 Å². The SMILES string of the molecule is COCC(C)(C)c1c([C@H](F)CC(=O)O)c2cc3[nH]ncc3cc2n1-c1ccc(F)c(OC)c1. The standard InChI is InChI=1S/C24H25F2N3O4/c1-24(2,12-32-3)23-22(17(26)10-21(30)31)15-9-18-13(11-27-28-18)7-19(15)29(23)14-5-6-16(25)20(8-14)33-4/h5-9,11,17H,10,12H2,1-4H3,(H,27,28)(H,30,31)/t17-/m1/s1. The van der Waals surface area contributed by atoms with Gasteiger partial charge in [-0.25, -0.2) is 8.78 Å². The molecule has 4 rings (SSSR count). The Labute approximate surface area is 188 Å². The van der Waals surface area contributed by atoms with Gasteiger partial charge in [-0.05, 0) is 24.3 Å². The molecule has 0 unspecified atom stereocenters. The maximum Gasteiger partial charge on any atom is 0.306 e. The Balaban J connectivity index is 2.17. The molecular formula is C24H25F2N3O4. The molecule has 0 aliphatic heterocycles. The quantitative estimate of drug-likeness (QED) is 0.386. The maximum absolute atomic E-state index is 15.7. The molecule has 0 radical (unpaired) electrons. The lowest BCUT2D eigenvalue weighted by atomic mass is 9.85. The highest BCUT2D eigenvalue weighted by Gasteiger charge is 2.35. The number of alkyl halides is 1. The summed E-state index contributed by atoms with van der Waals surface area (Å²) in [4.78, 5) is 11.4. The van der Waals surface area contributed by atoms with E-state index in [9.17, 15) is 14.3 Å². The third kappa shape index (κ3) is 3.93. The first-order chi connectivity index (χ1) is 15.7. The first-order valence-corrected chi connectivity index (χ1v) is 10.4. The number of rotatable bonds is 8. The topological polar surface area (TPSA) is 89.4 Å². The summed E-state index contributed by atoms with van der Waals surface area (Å²) >= 11 is 0. The van der Waals surface area contributed by atoms with Crippen molar-refractivity contribution in [1.82, 2.24) is 14.8 Å². The summed E-state index contributed by atoms with van der Waals surface area (Å²) in [7, 11) is 2.92. The van der Waals surface area contributed by atoms with Crippen LogP contribution >= 0.6 is 0 Å². The van der Waals surface area contributed by atoms with Gasteiger partial charge in [0, 0.05) is 46.3 Å². The van der Waals surface area contributed by atoms with Crippen LogP contribution in [-0.4, -0.2) is 46.7 Å². The Morgan fingerprint density at radius 3 is 2.70 bits per heavy atom. The predicted octanol–water partition coefficient (Wildman–Crippen LogP) is 5.06. The number of aliphatic carboxylic acids is 1. The van der Waals surface area contributed by atoms with E-state index in [4.69, 9.17) is 9.47 Å². The average Bonchev–Trinajstić information content (AvgIpc) is 3.34. The van der Waals surface area contributed by atoms with Gasteiger partial charge < -0.3 is 19.1 Å². The molecule has 0 saturated carbocycles. The van der Waals surface area contributed by atoms with Crippen LogP contribution in [0, 0.1) is 5.82 Å². The molecule has 1 atom stereocenters. The fourth-order valence-corrected chi connectivity index (χ4v) is 4.47. The number of nitrogens with zero attached hydrogens (tertiary/aromatic N) is 2. The Morgan fingerprint density at radius 2 is 2.03 bits per heavy atom. The molecule has 2 heterocycles. The molecule has 0 spiro atoms. The van der Waals surface area contributed by atoms with E-state index in [0.29, 0.717) is 27.8 Å². The van der Waals surface area contributed by atoms with E-state index in [-0.39, 0.29) is 17.9 Å². The molecular weight excluding hydrogens is 432 g/mol. The monoisotopic (exact) mass is 457 g/mol. The van der Waals surface area contributed by atoms with Crippen molar-refractivity contribution in [2.75, 3.05) is 20.8 Å². The highest BCUT2D eigenvalue weighted by Crippen LogP contribution is 2.44. The second-order valence-corrected chi connectivity index (χ2v) is 8.63. The second-order valence-electron chi connectivity index (χ2n) is 8.63. The van der Waals surface area contributed by atoms with E-state index in [1.54, 1.807) is 25.4 Å². The van der Waals surface area contributed by atoms with Crippen molar-refractivity contribution in [2.24, 2.45) is 0 Å². The predicted molar refractivity (Wildman–Crippen MR) is 120 cm³/mol. The number of aromatic amines is 1. The first-order valence-electron chi connectivity index (χ1n) is 10.4. The Kier molecular flexibility index (Phi) is 5.84. The number of methoxy groups -OCH3 is 2. The maximum atomic E-state index is 15.7. The summed E-state index contributed by atoms with van der Waals surface area (Å²) in [6, 6.07) is 8.03. The molecule has 2 aromatic carbocycles. The van der Waals surface area contributed by atoms with Crippen molar-refractivity contribution in [1.29, 1.82) is 0 Å². The molecule has 0 aliphatic rings. The number of hydrogen-bond acceptors (Lipinski definition) is 4. The normalized spacial score (nSPS) is 13.0. The Bertz CT molecular complexity index is 1340. The lowest BCUT2D eigenvalue weighted by Gasteiger charge is -2.29. The molecule has 4 aromatic rings. The molecule has 0 aliphatic carbocycles. The van der Waals surface area contributed by atoms with E-state index < -0.39 is 29.8 Å². The number of fused-ring (bicyclic) bond motifs is 2. The van der Waals surface area contributed by atoms with E-state index in [0.717, 1.165) is 5.39 Å². The van der Waals surface area contributed by atoms with Gasteiger partial charge in [0.1, 0.15) is 6.17 Å². The number of carboxylic acid groups (broad SMARTS) is 1. The van der Waals surface area contributed by atoms with Gasteiger partial charge in [-0.3, -0.25) is 9.89 Å². The summed E-state index contributed by atoms with van der Waals surface area (Å²) in [5.41, 5.74) is 1.96. The molecule has 2 N–H and O–H groups in total. The molecule has 33 heavy (non-hydrogen) atoms. The van der Waals surface area contributed by atoms with Crippen molar-refractivity contribution in [3.05, 3.63) is 53.6 Å². The summed E-state index contributed by atoms with van der Waals surface area (Å²) in [5.74, 6) is -1.73. The summed E-state index contributed by atoms with van der Waals surface area (Å²) < 4.78 is 42.3. The van der Waals surface area contributed by atoms with Crippen LogP contribution in [0.4, 0.5) is 8.78 Å².